The van der Waals surface area contributed by atoms with E-state index in [1.807, 2.05) is 0 Å². The van der Waals surface area contributed by atoms with Crippen LogP contribution in [0.1, 0.15) is 27.9 Å². The molecule has 142 valence electrons. The van der Waals surface area contributed by atoms with Crippen LogP contribution in [0.25, 0.3) is 10.9 Å². The van der Waals surface area contributed by atoms with Crippen molar-refractivity contribution in [3.63, 3.8) is 0 Å². The molecule has 0 aliphatic rings. The molecule has 6 nitrogen and oxygen atoms in total. The second-order valence-electron chi connectivity index (χ2n) is 6.12. The van der Waals surface area contributed by atoms with Gasteiger partial charge in [0.05, 0.1) is 17.5 Å². The van der Waals surface area contributed by atoms with Crippen molar-refractivity contribution in [2.24, 2.45) is 0 Å². The third-order valence-electron chi connectivity index (χ3n) is 4.25. The Morgan fingerprint density at radius 1 is 1.11 bits per heavy atom. The first-order chi connectivity index (χ1) is 13.3. The molecule has 0 radical (unpaired) electrons. The molecule has 1 aromatic heterocycles. The monoisotopic (exact) mass is 401 g/mol. The number of H-pyrrole nitrogens is 1. The van der Waals surface area contributed by atoms with Gasteiger partial charge >= 0.3 is 5.97 Å². The van der Waals surface area contributed by atoms with Crippen molar-refractivity contribution in [2.45, 2.75) is 12.8 Å². The summed E-state index contributed by atoms with van der Waals surface area (Å²) in [7, 11) is 0. The van der Waals surface area contributed by atoms with Gasteiger partial charge in [-0.25, -0.2) is 9.18 Å². The van der Waals surface area contributed by atoms with Crippen LogP contribution in [0.3, 0.4) is 0 Å². The van der Waals surface area contributed by atoms with E-state index < -0.39 is 35.2 Å². The van der Waals surface area contributed by atoms with Crippen LogP contribution >= 0.6 is 11.6 Å². The van der Waals surface area contributed by atoms with E-state index >= 15 is 0 Å². The lowest BCUT2D eigenvalue weighted by molar-refractivity contribution is -0.148. The number of benzene rings is 2. The Kier molecular flexibility index (Phi) is 5.37. The number of fused-ring (bicyclic) bond motifs is 1. The molecule has 0 amide bonds. The number of aromatic nitrogens is 1. The van der Waals surface area contributed by atoms with Crippen LogP contribution in [0.15, 0.2) is 47.4 Å². The van der Waals surface area contributed by atoms with Crippen LogP contribution in [-0.2, 0) is 16.0 Å². The molecule has 8 heteroatoms. The van der Waals surface area contributed by atoms with Crippen LogP contribution in [0.4, 0.5) is 4.39 Å². The maximum Gasteiger partial charge on any atom is 0.372 e. The minimum absolute atomic E-state index is 0.129. The molecule has 0 saturated heterocycles. The number of aromatic amines is 1. The maximum atomic E-state index is 13.9. The van der Waals surface area contributed by atoms with Gasteiger partial charge in [0.15, 0.2) is 11.2 Å². The van der Waals surface area contributed by atoms with Crippen molar-refractivity contribution in [1.29, 1.82) is 0 Å². The Labute approximate surface area is 162 Å². The van der Waals surface area contributed by atoms with Crippen LogP contribution in [-0.4, -0.2) is 27.6 Å². The quantitative estimate of drug-likeness (QED) is 0.375. The third-order valence-corrected chi connectivity index (χ3v) is 4.60. The van der Waals surface area contributed by atoms with Crippen LogP contribution < -0.4 is 5.43 Å². The van der Waals surface area contributed by atoms with Crippen molar-refractivity contribution < 1.29 is 23.9 Å². The summed E-state index contributed by atoms with van der Waals surface area (Å²) in [6.07, 6.45) is 0.338. The predicted octanol–water partition coefficient (Wildman–Crippen LogP) is 3.14. The number of nitrogens with one attached hydrogen (secondary N) is 1. The smallest absolute Gasteiger partial charge is 0.372 e. The van der Waals surface area contributed by atoms with Crippen molar-refractivity contribution >= 4 is 40.0 Å². The summed E-state index contributed by atoms with van der Waals surface area (Å²) in [4.78, 5) is 49.4. The number of carbonyl (C=O) groups is 3. The van der Waals surface area contributed by atoms with Crippen molar-refractivity contribution in [3.05, 3.63) is 80.3 Å². The average Bonchev–Trinajstić information content (AvgIpc) is 2.64. The van der Waals surface area contributed by atoms with E-state index in [9.17, 15) is 23.6 Å². The Morgan fingerprint density at radius 3 is 2.50 bits per heavy atom. The summed E-state index contributed by atoms with van der Waals surface area (Å²) < 4.78 is 13.9. The molecule has 2 N–H and O–H groups in total. The van der Waals surface area contributed by atoms with E-state index in [0.29, 0.717) is 21.7 Å². The molecule has 0 unspecified atom stereocenters. The van der Waals surface area contributed by atoms with E-state index in [-0.39, 0.29) is 17.4 Å². The molecular weight excluding hydrogens is 389 g/mol. The number of aliphatic carboxylic acids is 1. The molecule has 0 spiro atoms. The lowest BCUT2D eigenvalue weighted by Crippen LogP contribution is -2.22. The largest absolute Gasteiger partial charge is 0.475 e. The highest BCUT2D eigenvalue weighted by atomic mass is 35.5. The molecule has 1 heterocycles. The number of halogens is 2. The van der Waals surface area contributed by atoms with E-state index in [0.717, 1.165) is 6.20 Å². The van der Waals surface area contributed by atoms with Crippen molar-refractivity contribution in [3.8, 4) is 0 Å². The zero-order chi connectivity index (χ0) is 20.4. The zero-order valence-corrected chi connectivity index (χ0v) is 15.0. The molecule has 0 saturated carbocycles. The van der Waals surface area contributed by atoms with Gasteiger partial charge in [-0.05, 0) is 29.3 Å². The first-order valence-electron chi connectivity index (χ1n) is 8.14. The summed E-state index contributed by atoms with van der Waals surface area (Å²) in [5.74, 6) is -4.37. The summed E-state index contributed by atoms with van der Waals surface area (Å²) in [6.45, 7) is 0. The molecule has 0 atom stereocenters. The SMILES string of the molecule is O=C(O)C(=O)CC(=O)c1c[nH]c2cc(Cl)c(Cc3ccccc3F)cc2c1=O. The number of carboxylic acid groups (broad SMARTS) is 1. The van der Waals surface area contributed by atoms with Gasteiger partial charge in [-0.3, -0.25) is 14.4 Å². The minimum atomic E-state index is -1.75. The van der Waals surface area contributed by atoms with Gasteiger partial charge in [-0.15, -0.1) is 0 Å². The van der Waals surface area contributed by atoms with Gasteiger partial charge in [0.2, 0.25) is 5.78 Å². The van der Waals surface area contributed by atoms with E-state index in [1.54, 1.807) is 18.2 Å². The molecule has 3 rings (SSSR count). The summed E-state index contributed by atoms with van der Waals surface area (Å²) in [5.41, 5.74) is 0.230. The van der Waals surface area contributed by atoms with Crippen LogP contribution in [0.5, 0.6) is 0 Å². The number of carboxylic acids is 1. The van der Waals surface area contributed by atoms with Gasteiger partial charge in [0.1, 0.15) is 5.82 Å². The fraction of sp³-hybridized carbons (Fsp3) is 0.100. The van der Waals surface area contributed by atoms with Gasteiger partial charge < -0.3 is 10.1 Å². The first kappa shape index (κ1) is 19.4. The normalized spacial score (nSPS) is 10.8. The lowest BCUT2D eigenvalue weighted by Gasteiger charge is -2.09. The van der Waals surface area contributed by atoms with E-state index in [4.69, 9.17) is 16.7 Å². The number of hydrogen-bond acceptors (Lipinski definition) is 4. The topological polar surface area (TPSA) is 104 Å². The molecule has 0 aliphatic carbocycles. The van der Waals surface area contributed by atoms with Gasteiger partial charge in [0, 0.05) is 23.0 Å². The molecule has 0 aliphatic heterocycles. The highest BCUT2D eigenvalue weighted by Crippen LogP contribution is 2.25. The molecule has 2 aromatic carbocycles. The standard InChI is InChI=1S/C20H13ClFNO5/c21-14-7-16-12(6-11(14)5-10-3-1-2-4-15(10)22)19(26)13(9-23-16)17(24)8-18(25)20(27)28/h1-4,6-7,9H,5,8H2,(H,23,26)(H,27,28). The van der Waals surface area contributed by atoms with Crippen LogP contribution in [0, 0.1) is 5.82 Å². The fourth-order valence-electron chi connectivity index (χ4n) is 2.79. The summed E-state index contributed by atoms with van der Waals surface area (Å²) in [6, 6.07) is 9.09. The third kappa shape index (κ3) is 3.84. The van der Waals surface area contributed by atoms with Crippen molar-refractivity contribution in [1.82, 2.24) is 4.98 Å². The number of hydrogen-bond donors (Lipinski definition) is 2. The maximum absolute atomic E-state index is 13.9. The molecule has 28 heavy (non-hydrogen) atoms. The second kappa shape index (κ2) is 7.74. The number of rotatable bonds is 6. The highest BCUT2D eigenvalue weighted by Gasteiger charge is 2.21. The second-order valence-corrected chi connectivity index (χ2v) is 6.52. The lowest BCUT2D eigenvalue weighted by atomic mass is 10.00. The van der Waals surface area contributed by atoms with E-state index in [1.165, 1.54) is 18.2 Å². The Bertz CT molecular complexity index is 1180. The summed E-state index contributed by atoms with van der Waals surface area (Å²) >= 11 is 6.24. The number of ketones is 2. The molecule has 0 fully saturated rings. The number of Topliss-reactive ketones (excluding diaryl/α,β-unsaturated/α-hetero) is 2. The minimum Gasteiger partial charge on any atom is -0.475 e. The summed E-state index contributed by atoms with van der Waals surface area (Å²) in [5, 5.41) is 9.06. The number of carbonyl (C=O) groups excluding carboxylic acids is 2. The van der Waals surface area contributed by atoms with Crippen LogP contribution in [0.2, 0.25) is 5.02 Å². The Morgan fingerprint density at radius 2 is 1.82 bits per heavy atom. The van der Waals surface area contributed by atoms with Gasteiger partial charge in [-0.2, -0.15) is 0 Å². The Balaban J connectivity index is 2.04. The van der Waals surface area contributed by atoms with Gasteiger partial charge in [-0.1, -0.05) is 29.8 Å². The molecule has 3 aromatic rings. The predicted molar refractivity (Wildman–Crippen MR) is 100 cm³/mol. The molecule has 0 bridgehead atoms. The zero-order valence-electron chi connectivity index (χ0n) is 14.3. The highest BCUT2D eigenvalue weighted by molar-refractivity contribution is 6.37. The first-order valence-corrected chi connectivity index (χ1v) is 8.52. The average molecular weight is 402 g/mol. The molecular formula is C20H13ClFNO5. The Hall–Kier alpha value is -3.32. The van der Waals surface area contributed by atoms with Crippen molar-refractivity contribution in [2.75, 3.05) is 0 Å². The number of pyridine rings is 1. The van der Waals surface area contributed by atoms with E-state index in [2.05, 4.69) is 4.98 Å². The van der Waals surface area contributed by atoms with Gasteiger partial charge in [0.25, 0.3) is 0 Å². The fourth-order valence-corrected chi connectivity index (χ4v) is 3.02.